The molecule has 2 fully saturated rings. The predicted octanol–water partition coefficient (Wildman–Crippen LogP) is 2.49. The summed E-state index contributed by atoms with van der Waals surface area (Å²) in [7, 11) is -0.136. The van der Waals surface area contributed by atoms with Crippen LogP contribution in [-0.4, -0.2) is 35.8 Å². The standard InChI is InChI=1S/C17H33BN2O3/c1-12(21)20-17(6)11-13(7-8-14(17)19)9-10-18-22-15(2,3)16(4,5)23-18/h13-14H,7-11,19H2,1-6H3,(H,20,21)/t13-,14?,17+/m0/s1. The minimum atomic E-state index is -0.301. The normalized spacial score (nSPS) is 36.0. The van der Waals surface area contributed by atoms with Crippen molar-refractivity contribution in [2.75, 3.05) is 0 Å². The van der Waals surface area contributed by atoms with Gasteiger partial charge in [-0.3, -0.25) is 4.79 Å². The van der Waals surface area contributed by atoms with Crippen LogP contribution in [0.25, 0.3) is 0 Å². The molecule has 3 N–H and O–H groups in total. The van der Waals surface area contributed by atoms with E-state index in [0.717, 1.165) is 32.0 Å². The molecular weight excluding hydrogens is 291 g/mol. The van der Waals surface area contributed by atoms with Crippen molar-refractivity contribution in [1.29, 1.82) is 0 Å². The lowest BCUT2D eigenvalue weighted by Crippen LogP contribution is -2.60. The third-order valence-electron chi connectivity index (χ3n) is 5.99. The number of nitrogens with two attached hydrogens (primary N) is 1. The van der Waals surface area contributed by atoms with Crippen molar-refractivity contribution in [3.63, 3.8) is 0 Å². The van der Waals surface area contributed by atoms with Crippen molar-refractivity contribution in [3.8, 4) is 0 Å². The topological polar surface area (TPSA) is 73.6 Å². The highest BCUT2D eigenvalue weighted by Crippen LogP contribution is 2.40. The van der Waals surface area contributed by atoms with E-state index in [1.54, 1.807) is 6.92 Å². The van der Waals surface area contributed by atoms with Crippen molar-refractivity contribution in [2.24, 2.45) is 11.7 Å². The Morgan fingerprint density at radius 3 is 2.26 bits per heavy atom. The zero-order valence-corrected chi connectivity index (χ0v) is 15.6. The lowest BCUT2D eigenvalue weighted by molar-refractivity contribution is -0.121. The van der Waals surface area contributed by atoms with Gasteiger partial charge in [-0.1, -0.05) is 6.42 Å². The van der Waals surface area contributed by atoms with Gasteiger partial charge >= 0.3 is 7.12 Å². The predicted molar refractivity (Wildman–Crippen MR) is 93.0 cm³/mol. The fraction of sp³-hybridized carbons (Fsp3) is 0.941. The first-order valence-electron chi connectivity index (χ1n) is 8.85. The van der Waals surface area contributed by atoms with Gasteiger partial charge in [0.05, 0.1) is 16.7 Å². The fourth-order valence-electron chi connectivity index (χ4n) is 3.83. The van der Waals surface area contributed by atoms with Gasteiger partial charge in [-0.05, 0) is 66.1 Å². The van der Waals surface area contributed by atoms with E-state index in [2.05, 4.69) is 39.9 Å². The van der Waals surface area contributed by atoms with Crippen molar-refractivity contribution in [2.45, 2.75) is 96.3 Å². The van der Waals surface area contributed by atoms with Crippen molar-refractivity contribution < 1.29 is 14.1 Å². The molecule has 2 rings (SSSR count). The Hall–Kier alpha value is -0.585. The fourth-order valence-corrected chi connectivity index (χ4v) is 3.83. The molecule has 1 amide bonds. The van der Waals surface area contributed by atoms with Gasteiger partial charge in [-0.25, -0.2) is 0 Å². The molecule has 0 aromatic carbocycles. The molecule has 0 radical (unpaired) electrons. The van der Waals surface area contributed by atoms with Crippen molar-refractivity contribution in [1.82, 2.24) is 5.32 Å². The van der Waals surface area contributed by atoms with Crippen molar-refractivity contribution >= 4 is 13.0 Å². The Balaban J connectivity index is 1.88. The maximum absolute atomic E-state index is 11.5. The van der Waals surface area contributed by atoms with Crippen LogP contribution < -0.4 is 11.1 Å². The van der Waals surface area contributed by atoms with Crippen LogP contribution in [0, 0.1) is 5.92 Å². The summed E-state index contributed by atoms with van der Waals surface area (Å²) in [6.07, 6.45) is 4.91. The minimum Gasteiger partial charge on any atom is -0.403 e. The molecule has 1 heterocycles. The second-order valence-electron chi connectivity index (χ2n) is 8.62. The highest BCUT2D eigenvalue weighted by molar-refractivity contribution is 6.45. The molecule has 23 heavy (non-hydrogen) atoms. The molecule has 1 aliphatic heterocycles. The Morgan fingerprint density at radius 1 is 1.17 bits per heavy atom. The first kappa shape index (κ1) is 18.7. The van der Waals surface area contributed by atoms with Crippen LogP contribution in [0.4, 0.5) is 0 Å². The number of carbonyl (C=O) groups is 1. The molecule has 0 aromatic rings. The summed E-state index contributed by atoms with van der Waals surface area (Å²) in [4.78, 5) is 11.5. The van der Waals surface area contributed by atoms with Gasteiger partial charge in [-0.15, -0.1) is 0 Å². The van der Waals surface area contributed by atoms with Crippen LogP contribution in [0.15, 0.2) is 0 Å². The molecule has 2 aliphatic rings. The summed E-state index contributed by atoms with van der Waals surface area (Å²) in [5.74, 6) is 0.542. The molecule has 5 nitrogen and oxygen atoms in total. The summed E-state index contributed by atoms with van der Waals surface area (Å²) in [5, 5.41) is 3.07. The van der Waals surface area contributed by atoms with E-state index in [4.69, 9.17) is 15.0 Å². The number of amides is 1. The zero-order valence-electron chi connectivity index (χ0n) is 15.6. The van der Waals surface area contributed by atoms with E-state index >= 15 is 0 Å². The maximum Gasteiger partial charge on any atom is 0.457 e. The maximum atomic E-state index is 11.5. The molecule has 1 saturated carbocycles. The number of hydrogen-bond acceptors (Lipinski definition) is 4. The molecule has 3 atom stereocenters. The van der Waals surface area contributed by atoms with Gasteiger partial charge < -0.3 is 20.4 Å². The minimum absolute atomic E-state index is 0.00504. The SMILES string of the molecule is CC(=O)N[C@]1(C)C[C@H](CCB2OC(C)(C)C(C)(C)O2)CCC1N. The largest absolute Gasteiger partial charge is 0.457 e. The van der Waals surface area contributed by atoms with E-state index in [9.17, 15) is 4.79 Å². The summed E-state index contributed by atoms with van der Waals surface area (Å²) in [5.41, 5.74) is 5.41. The molecule has 1 unspecified atom stereocenters. The summed E-state index contributed by atoms with van der Waals surface area (Å²) in [6.45, 7) is 12.0. The zero-order chi connectivity index (χ0) is 17.5. The molecule has 0 aromatic heterocycles. The van der Waals surface area contributed by atoms with Crippen LogP contribution in [0.2, 0.25) is 6.32 Å². The van der Waals surface area contributed by atoms with Crippen LogP contribution in [0.3, 0.4) is 0 Å². The number of hydrogen-bond donors (Lipinski definition) is 2. The third kappa shape index (κ3) is 4.09. The average Bonchev–Trinajstić information content (AvgIpc) is 2.58. The van der Waals surface area contributed by atoms with Crippen LogP contribution in [0.5, 0.6) is 0 Å². The second kappa shape index (κ2) is 6.38. The van der Waals surface area contributed by atoms with Gasteiger partial charge in [0.1, 0.15) is 0 Å². The first-order chi connectivity index (χ1) is 10.5. The number of carbonyl (C=O) groups excluding carboxylic acids is 1. The molecule has 1 saturated heterocycles. The van der Waals surface area contributed by atoms with E-state index in [1.807, 2.05) is 0 Å². The van der Waals surface area contributed by atoms with Crippen LogP contribution in [0.1, 0.15) is 67.2 Å². The van der Waals surface area contributed by atoms with Crippen LogP contribution >= 0.6 is 0 Å². The number of rotatable bonds is 4. The van der Waals surface area contributed by atoms with Gasteiger partial charge in [0, 0.05) is 13.0 Å². The molecule has 6 heteroatoms. The lowest BCUT2D eigenvalue weighted by atomic mass is 9.69. The Kier molecular flexibility index (Phi) is 5.20. The average molecular weight is 324 g/mol. The third-order valence-corrected chi connectivity index (χ3v) is 5.99. The summed E-state index contributed by atoms with van der Waals surface area (Å²) >= 11 is 0. The number of nitrogens with one attached hydrogen (secondary N) is 1. The second-order valence-corrected chi connectivity index (χ2v) is 8.62. The van der Waals surface area contributed by atoms with Gasteiger partial charge in [0.2, 0.25) is 5.91 Å². The highest BCUT2D eigenvalue weighted by Gasteiger charge is 2.51. The smallest absolute Gasteiger partial charge is 0.403 e. The summed E-state index contributed by atoms with van der Waals surface area (Å²) in [6, 6.07) is 0.0273. The molecule has 0 spiro atoms. The van der Waals surface area contributed by atoms with Crippen LogP contribution in [-0.2, 0) is 14.1 Å². The first-order valence-corrected chi connectivity index (χ1v) is 8.85. The van der Waals surface area contributed by atoms with Gasteiger partial charge in [-0.2, -0.15) is 0 Å². The monoisotopic (exact) mass is 324 g/mol. The molecule has 132 valence electrons. The van der Waals surface area contributed by atoms with Gasteiger partial charge in [0.25, 0.3) is 0 Å². The molecular formula is C17H33BN2O3. The van der Waals surface area contributed by atoms with Gasteiger partial charge in [0.15, 0.2) is 0 Å². The Bertz CT molecular complexity index is 439. The molecule has 0 bridgehead atoms. The quantitative estimate of drug-likeness (QED) is 0.779. The Morgan fingerprint density at radius 2 is 1.74 bits per heavy atom. The Labute approximate surface area is 141 Å². The lowest BCUT2D eigenvalue weighted by Gasteiger charge is -2.43. The van der Waals surface area contributed by atoms with Crippen molar-refractivity contribution in [3.05, 3.63) is 0 Å². The highest BCUT2D eigenvalue weighted by atomic mass is 16.7. The molecule has 1 aliphatic carbocycles. The van der Waals surface area contributed by atoms with E-state index in [0.29, 0.717) is 5.92 Å². The van der Waals surface area contributed by atoms with E-state index < -0.39 is 0 Å². The summed E-state index contributed by atoms with van der Waals surface area (Å²) < 4.78 is 12.2. The van der Waals surface area contributed by atoms with E-state index in [-0.39, 0.29) is 35.8 Å². The van der Waals surface area contributed by atoms with E-state index in [1.165, 1.54) is 0 Å².